The Morgan fingerprint density at radius 2 is 1.72 bits per heavy atom. The van der Waals surface area contributed by atoms with Gasteiger partial charge in [-0.3, -0.25) is 4.90 Å². The lowest BCUT2D eigenvalue weighted by molar-refractivity contribution is -0.148. The van der Waals surface area contributed by atoms with Crippen LogP contribution in [0.25, 0.3) is 0 Å². The summed E-state index contributed by atoms with van der Waals surface area (Å²) in [5, 5.41) is 19.9. The van der Waals surface area contributed by atoms with Gasteiger partial charge in [-0.1, -0.05) is 55.0 Å². The molecule has 1 amide bonds. The van der Waals surface area contributed by atoms with Crippen LogP contribution in [0.3, 0.4) is 0 Å². The Labute approximate surface area is 177 Å². The van der Waals surface area contributed by atoms with Gasteiger partial charge in [0.25, 0.3) is 0 Å². The maximum Gasteiger partial charge on any atom is 0.408 e. The van der Waals surface area contributed by atoms with E-state index in [1.54, 1.807) is 0 Å². The van der Waals surface area contributed by atoms with Crippen LogP contribution in [-0.2, 0) is 9.22 Å². The molecule has 0 aromatic carbocycles. The highest BCUT2D eigenvalue weighted by Gasteiger charge is 2.55. The van der Waals surface area contributed by atoms with Crippen LogP contribution >= 0.6 is 0 Å². The van der Waals surface area contributed by atoms with Crippen molar-refractivity contribution in [3.63, 3.8) is 0 Å². The van der Waals surface area contributed by atoms with Crippen molar-refractivity contribution in [3.05, 3.63) is 12.2 Å². The molecule has 0 aromatic heterocycles. The van der Waals surface area contributed by atoms with Crippen molar-refractivity contribution < 1.29 is 24.2 Å². The summed E-state index contributed by atoms with van der Waals surface area (Å²) in [6.07, 6.45) is -0.655. The Kier molecular flexibility index (Phi) is 7.46. The molecule has 2 N–H and O–H groups in total. The lowest BCUT2D eigenvalue weighted by atomic mass is 9.69. The minimum atomic E-state index is -2.04. The molecule has 29 heavy (non-hydrogen) atoms. The van der Waals surface area contributed by atoms with Gasteiger partial charge in [0, 0.05) is 13.2 Å². The van der Waals surface area contributed by atoms with Crippen molar-refractivity contribution in [2.24, 2.45) is 17.3 Å². The number of likely N-dealkylation sites (tertiary alicyclic amines) is 1. The van der Waals surface area contributed by atoms with E-state index >= 15 is 0 Å². The minimum Gasteiger partial charge on any atom is -0.479 e. The first kappa shape index (κ1) is 25.7. The first-order valence-corrected chi connectivity index (χ1v) is 13.3. The summed E-state index contributed by atoms with van der Waals surface area (Å²) in [7, 11) is -2.04. The zero-order chi connectivity index (χ0) is 23.0. The fraction of sp³-hybridized carbons (Fsp3) is 0.818. The maximum absolute atomic E-state index is 12.4. The molecule has 168 valence electrons. The predicted molar refractivity (Wildman–Crippen MR) is 119 cm³/mol. The fourth-order valence-electron chi connectivity index (χ4n) is 3.70. The molecule has 3 unspecified atom stereocenters. The molecule has 0 saturated carbocycles. The van der Waals surface area contributed by atoms with E-state index in [0.717, 1.165) is 4.90 Å². The summed E-state index contributed by atoms with van der Waals surface area (Å²) in [4.78, 5) is 25.3. The largest absolute Gasteiger partial charge is 0.479 e. The second kappa shape index (κ2) is 8.42. The third kappa shape index (κ3) is 5.23. The number of carbonyl (C=O) groups is 2. The lowest BCUT2D eigenvalue weighted by Crippen LogP contribution is -2.56. The van der Waals surface area contributed by atoms with Crippen molar-refractivity contribution in [2.75, 3.05) is 13.2 Å². The molecule has 7 heteroatoms. The zero-order valence-corrected chi connectivity index (χ0v) is 20.8. The molecule has 0 bridgehead atoms. The van der Waals surface area contributed by atoms with Crippen LogP contribution in [0.2, 0.25) is 18.1 Å². The summed E-state index contributed by atoms with van der Waals surface area (Å²) in [6.45, 7) is 23.9. The van der Waals surface area contributed by atoms with Crippen LogP contribution in [-0.4, -0.2) is 54.2 Å². The molecule has 1 aliphatic heterocycles. The van der Waals surface area contributed by atoms with Gasteiger partial charge < -0.3 is 14.6 Å². The second-order valence-electron chi connectivity index (χ2n) is 11.1. The quantitative estimate of drug-likeness (QED) is 0.416. The number of nitrogens with zero attached hydrogens (tertiary/aromatic N) is 1. The van der Waals surface area contributed by atoms with E-state index in [4.69, 9.17) is 4.43 Å². The first-order chi connectivity index (χ1) is 12.9. The Hall–Kier alpha value is -1.34. The third-order valence-corrected chi connectivity index (χ3v) is 11.9. The van der Waals surface area contributed by atoms with E-state index in [0.29, 0.717) is 18.6 Å². The number of rotatable bonds is 7. The van der Waals surface area contributed by atoms with E-state index in [2.05, 4.69) is 68.1 Å². The van der Waals surface area contributed by atoms with Crippen LogP contribution < -0.4 is 0 Å². The van der Waals surface area contributed by atoms with Crippen LogP contribution in [0.5, 0.6) is 0 Å². The molecule has 1 fully saturated rings. The Morgan fingerprint density at radius 1 is 1.21 bits per heavy atom. The van der Waals surface area contributed by atoms with Crippen LogP contribution in [0, 0.1) is 17.3 Å². The third-order valence-electron chi connectivity index (χ3n) is 7.36. The van der Waals surface area contributed by atoms with Crippen LogP contribution in [0.15, 0.2) is 12.2 Å². The highest BCUT2D eigenvalue weighted by molar-refractivity contribution is 6.74. The van der Waals surface area contributed by atoms with Crippen molar-refractivity contribution in [1.29, 1.82) is 0 Å². The van der Waals surface area contributed by atoms with Crippen molar-refractivity contribution >= 4 is 20.4 Å². The van der Waals surface area contributed by atoms with Crippen molar-refractivity contribution in [3.8, 4) is 0 Å². The van der Waals surface area contributed by atoms with Gasteiger partial charge in [0.05, 0.1) is 0 Å². The van der Waals surface area contributed by atoms with E-state index in [1.165, 1.54) is 0 Å². The predicted octanol–water partition coefficient (Wildman–Crippen LogP) is 5.46. The molecule has 1 rings (SSSR count). The molecule has 6 nitrogen and oxygen atoms in total. The average Bonchev–Trinajstić information content (AvgIpc) is 2.86. The smallest absolute Gasteiger partial charge is 0.408 e. The van der Waals surface area contributed by atoms with Gasteiger partial charge in [0.1, 0.15) is 0 Å². The monoisotopic (exact) mass is 427 g/mol. The first-order valence-electron chi connectivity index (χ1n) is 10.4. The van der Waals surface area contributed by atoms with Gasteiger partial charge in [0.2, 0.25) is 0 Å². The molecular weight excluding hydrogens is 386 g/mol. The van der Waals surface area contributed by atoms with E-state index < -0.39 is 25.9 Å². The molecule has 0 spiro atoms. The van der Waals surface area contributed by atoms with E-state index in [9.17, 15) is 19.8 Å². The summed E-state index contributed by atoms with van der Waals surface area (Å²) in [5.41, 5.74) is -1.20. The number of hydrogen-bond acceptors (Lipinski definition) is 3. The van der Waals surface area contributed by atoms with Gasteiger partial charge >= 0.3 is 12.1 Å². The summed E-state index contributed by atoms with van der Waals surface area (Å²) in [6, 6.07) is 0. The molecule has 3 atom stereocenters. The van der Waals surface area contributed by atoms with Gasteiger partial charge in [-0.25, -0.2) is 9.59 Å². The summed E-state index contributed by atoms with van der Waals surface area (Å²) >= 11 is 0. The second-order valence-corrected chi connectivity index (χ2v) is 16.0. The number of aliphatic carboxylic acids is 1. The average molecular weight is 428 g/mol. The Balaban J connectivity index is 3.33. The van der Waals surface area contributed by atoms with Gasteiger partial charge in [0.15, 0.2) is 13.9 Å². The number of hydrogen-bond donors (Lipinski definition) is 2. The normalized spacial score (nSPS) is 23.2. The van der Waals surface area contributed by atoms with Gasteiger partial charge in [-0.05, 0) is 53.8 Å². The molecular formula is C22H41NO5Si. The van der Waals surface area contributed by atoms with E-state index in [1.807, 2.05) is 0 Å². The molecule has 0 radical (unpaired) electrons. The summed E-state index contributed by atoms with van der Waals surface area (Å²) in [5.74, 6) is -1.12. The molecule has 0 aromatic rings. The topological polar surface area (TPSA) is 87.1 Å². The van der Waals surface area contributed by atoms with Crippen LogP contribution in [0.4, 0.5) is 4.79 Å². The molecule has 1 heterocycles. The maximum atomic E-state index is 12.4. The SMILES string of the molecule is C=C1CCN(C(=O)O)C1(CC(CO[Si](C)(C)C(C)(C)C)C(C)C(C)(C)C)C(=O)O. The van der Waals surface area contributed by atoms with Gasteiger partial charge in [-0.2, -0.15) is 0 Å². The fourth-order valence-corrected chi connectivity index (χ4v) is 4.76. The van der Waals surface area contributed by atoms with Crippen molar-refractivity contribution in [1.82, 2.24) is 4.90 Å². The highest BCUT2D eigenvalue weighted by atomic mass is 28.4. The molecule has 1 saturated heterocycles. The zero-order valence-electron chi connectivity index (χ0n) is 19.8. The summed E-state index contributed by atoms with van der Waals surface area (Å²) < 4.78 is 6.49. The Bertz CT molecular complexity index is 647. The number of amides is 1. The number of carboxylic acids is 1. The molecule has 0 aliphatic carbocycles. The van der Waals surface area contributed by atoms with E-state index in [-0.39, 0.29) is 35.3 Å². The lowest BCUT2D eigenvalue weighted by Gasteiger charge is -2.43. The minimum absolute atomic E-state index is 0.0388. The van der Waals surface area contributed by atoms with Crippen molar-refractivity contribution in [2.45, 2.75) is 85.0 Å². The highest BCUT2D eigenvalue weighted by Crippen LogP contribution is 2.45. The van der Waals surface area contributed by atoms with Crippen LogP contribution in [0.1, 0.15) is 61.3 Å². The number of carboxylic acid groups (broad SMARTS) is 2. The molecule has 1 aliphatic rings. The Morgan fingerprint density at radius 3 is 2.10 bits per heavy atom. The van der Waals surface area contributed by atoms with Gasteiger partial charge in [-0.15, -0.1) is 0 Å². The standard InChI is InChI=1S/C22H41NO5Si/c1-15-11-12-23(19(26)27)22(15,18(24)25)13-17(16(2)20(3,4)5)14-28-29(9,10)21(6,7)8/h16-17H,1,11-14H2,2-10H3,(H,24,25)(H,26,27).